The predicted molar refractivity (Wildman–Crippen MR) is 69.3 cm³/mol. The molecule has 0 spiro atoms. The second-order valence-electron chi connectivity index (χ2n) is 3.98. The average molecular weight is 273 g/mol. The summed E-state index contributed by atoms with van der Waals surface area (Å²) in [6.07, 6.45) is 0. The van der Waals surface area contributed by atoms with Crippen molar-refractivity contribution in [2.24, 2.45) is 0 Å². The molecule has 1 aromatic carbocycles. The monoisotopic (exact) mass is 273 g/mol. The van der Waals surface area contributed by atoms with E-state index in [0.717, 1.165) is 0 Å². The Morgan fingerprint density at radius 1 is 1.17 bits per heavy atom. The molecule has 0 radical (unpaired) electrons. The van der Waals surface area contributed by atoms with Gasteiger partial charge in [0.2, 0.25) is 0 Å². The zero-order valence-electron chi connectivity index (χ0n) is 10.9. The van der Waals surface area contributed by atoms with Crippen molar-refractivity contribution in [1.82, 2.24) is 4.90 Å². The van der Waals surface area contributed by atoms with Gasteiger partial charge in [-0.3, -0.25) is 4.18 Å². The van der Waals surface area contributed by atoms with E-state index < -0.39 is 10.1 Å². The first-order chi connectivity index (χ1) is 8.45. The Hall–Kier alpha value is -1.11. The Bertz CT molecular complexity index is 453. The quantitative estimate of drug-likeness (QED) is 0.702. The summed E-state index contributed by atoms with van der Waals surface area (Å²) in [5, 5.41) is 0. The van der Waals surface area contributed by atoms with Gasteiger partial charge in [0, 0.05) is 6.54 Å². The summed E-state index contributed by atoms with van der Waals surface area (Å²) in [4.78, 5) is 2.00. The van der Waals surface area contributed by atoms with Gasteiger partial charge in [-0.2, -0.15) is 8.42 Å². The first-order valence-electron chi connectivity index (χ1n) is 5.72. The van der Waals surface area contributed by atoms with E-state index in [1.807, 2.05) is 25.9 Å². The third-order valence-electron chi connectivity index (χ3n) is 2.20. The lowest BCUT2D eigenvalue weighted by atomic mass is 10.3. The van der Waals surface area contributed by atoms with Gasteiger partial charge in [-0.15, -0.1) is 0 Å². The fraction of sp³-hybridized carbons (Fsp3) is 0.500. The predicted octanol–water partition coefficient (Wildman–Crippen LogP) is 1.35. The van der Waals surface area contributed by atoms with Crippen LogP contribution in [0.5, 0.6) is 5.75 Å². The first-order valence-corrected chi connectivity index (χ1v) is 7.13. The third-order valence-corrected chi connectivity index (χ3v) is 3.53. The minimum Gasteiger partial charge on any atom is -0.494 e. The van der Waals surface area contributed by atoms with Gasteiger partial charge in [0.1, 0.15) is 5.75 Å². The van der Waals surface area contributed by atoms with E-state index in [2.05, 4.69) is 0 Å². The Kier molecular flexibility index (Phi) is 5.58. The maximum Gasteiger partial charge on any atom is 0.297 e. The van der Waals surface area contributed by atoms with Crippen LogP contribution in [0.2, 0.25) is 0 Å². The van der Waals surface area contributed by atoms with Crippen LogP contribution in [0.15, 0.2) is 29.2 Å². The van der Waals surface area contributed by atoms with E-state index in [-0.39, 0.29) is 11.5 Å². The summed E-state index contributed by atoms with van der Waals surface area (Å²) in [5.74, 6) is 0.643. The second-order valence-corrected chi connectivity index (χ2v) is 5.60. The third kappa shape index (κ3) is 4.64. The van der Waals surface area contributed by atoms with Crippen molar-refractivity contribution in [3.63, 3.8) is 0 Å². The van der Waals surface area contributed by atoms with E-state index in [0.29, 0.717) is 18.9 Å². The minimum atomic E-state index is -3.67. The standard InChI is InChI=1S/C12H19NO4S/c1-4-16-11-5-7-12(8-6-11)18(14,15)17-10-9-13(2)3/h5-8H,4,9-10H2,1-3H3. The van der Waals surface area contributed by atoms with E-state index >= 15 is 0 Å². The van der Waals surface area contributed by atoms with Crippen LogP contribution in [0.3, 0.4) is 0 Å². The molecule has 18 heavy (non-hydrogen) atoms. The van der Waals surface area contributed by atoms with Crippen LogP contribution >= 0.6 is 0 Å². The molecule has 0 aliphatic rings. The number of benzene rings is 1. The molecule has 0 heterocycles. The van der Waals surface area contributed by atoms with Gasteiger partial charge in [0.15, 0.2) is 0 Å². The number of rotatable bonds is 7. The lowest BCUT2D eigenvalue weighted by molar-refractivity contribution is 0.265. The number of likely N-dealkylation sites (N-methyl/N-ethyl adjacent to an activating group) is 1. The van der Waals surface area contributed by atoms with Gasteiger partial charge >= 0.3 is 0 Å². The van der Waals surface area contributed by atoms with Crippen molar-refractivity contribution in [2.75, 3.05) is 33.9 Å². The molecule has 6 heteroatoms. The van der Waals surface area contributed by atoms with Gasteiger partial charge in [0.05, 0.1) is 18.1 Å². The van der Waals surface area contributed by atoms with Gasteiger partial charge in [0.25, 0.3) is 10.1 Å². The zero-order valence-corrected chi connectivity index (χ0v) is 11.7. The van der Waals surface area contributed by atoms with Crippen molar-refractivity contribution in [1.29, 1.82) is 0 Å². The molecule has 0 bridgehead atoms. The largest absolute Gasteiger partial charge is 0.494 e. The fourth-order valence-electron chi connectivity index (χ4n) is 1.27. The normalized spacial score (nSPS) is 11.8. The van der Waals surface area contributed by atoms with Crippen LogP contribution in [0.25, 0.3) is 0 Å². The molecule has 5 nitrogen and oxygen atoms in total. The molecule has 0 unspecified atom stereocenters. The van der Waals surface area contributed by atoms with Gasteiger partial charge in [-0.25, -0.2) is 0 Å². The molecule has 0 amide bonds. The summed E-state index contributed by atoms with van der Waals surface area (Å²) in [6, 6.07) is 6.20. The van der Waals surface area contributed by atoms with Crippen LogP contribution < -0.4 is 4.74 Å². The Morgan fingerprint density at radius 3 is 2.28 bits per heavy atom. The average Bonchev–Trinajstić information content (AvgIpc) is 2.29. The molecule has 0 N–H and O–H groups in total. The Labute approximate surface area is 108 Å². The minimum absolute atomic E-state index is 0.141. The molecule has 0 aliphatic heterocycles. The topological polar surface area (TPSA) is 55.8 Å². The smallest absolute Gasteiger partial charge is 0.297 e. The van der Waals surface area contributed by atoms with E-state index in [1.54, 1.807) is 12.1 Å². The Morgan fingerprint density at radius 2 is 1.78 bits per heavy atom. The maximum atomic E-state index is 11.8. The fourth-order valence-corrected chi connectivity index (χ4v) is 2.17. The van der Waals surface area contributed by atoms with Gasteiger partial charge < -0.3 is 9.64 Å². The van der Waals surface area contributed by atoms with Crippen molar-refractivity contribution >= 4 is 10.1 Å². The lowest BCUT2D eigenvalue weighted by Crippen LogP contribution is -2.20. The number of ether oxygens (including phenoxy) is 1. The van der Waals surface area contributed by atoms with Crippen LogP contribution in [0.4, 0.5) is 0 Å². The second kappa shape index (κ2) is 6.72. The van der Waals surface area contributed by atoms with Crippen LogP contribution in [0.1, 0.15) is 6.92 Å². The number of hydrogen-bond acceptors (Lipinski definition) is 5. The highest BCUT2D eigenvalue weighted by atomic mass is 32.2. The van der Waals surface area contributed by atoms with Crippen LogP contribution in [-0.2, 0) is 14.3 Å². The molecule has 1 rings (SSSR count). The summed E-state index contributed by atoms with van der Waals surface area (Å²) < 4.78 is 33.8. The highest BCUT2D eigenvalue weighted by Gasteiger charge is 2.14. The van der Waals surface area contributed by atoms with Crippen molar-refractivity contribution in [2.45, 2.75) is 11.8 Å². The molecular weight excluding hydrogens is 254 g/mol. The van der Waals surface area contributed by atoms with Gasteiger partial charge in [-0.1, -0.05) is 0 Å². The maximum absolute atomic E-state index is 11.8. The number of nitrogens with zero attached hydrogens (tertiary/aromatic N) is 1. The SMILES string of the molecule is CCOc1ccc(S(=O)(=O)OCCN(C)C)cc1. The molecule has 0 atom stereocenters. The molecule has 0 saturated carbocycles. The molecule has 1 aromatic rings. The van der Waals surface area contributed by atoms with Crippen LogP contribution in [-0.4, -0.2) is 47.2 Å². The van der Waals surface area contributed by atoms with E-state index in [1.165, 1.54) is 12.1 Å². The van der Waals surface area contributed by atoms with E-state index in [9.17, 15) is 8.42 Å². The van der Waals surface area contributed by atoms with Crippen molar-refractivity contribution in [3.05, 3.63) is 24.3 Å². The van der Waals surface area contributed by atoms with Crippen molar-refractivity contribution < 1.29 is 17.3 Å². The molecular formula is C12H19NO4S. The lowest BCUT2D eigenvalue weighted by Gasteiger charge is -2.10. The highest BCUT2D eigenvalue weighted by molar-refractivity contribution is 7.86. The molecule has 0 saturated heterocycles. The summed E-state index contributed by atoms with van der Waals surface area (Å²) in [7, 11) is 0.0382. The summed E-state index contributed by atoms with van der Waals surface area (Å²) in [6.45, 7) is 3.11. The van der Waals surface area contributed by atoms with E-state index in [4.69, 9.17) is 8.92 Å². The zero-order chi connectivity index (χ0) is 13.6. The Balaban J connectivity index is 2.67. The van der Waals surface area contributed by atoms with Gasteiger partial charge in [-0.05, 0) is 45.3 Å². The molecule has 0 aliphatic carbocycles. The van der Waals surface area contributed by atoms with Crippen LogP contribution in [0, 0.1) is 0 Å². The molecule has 102 valence electrons. The summed E-state index contributed by atoms with van der Waals surface area (Å²) in [5.41, 5.74) is 0. The van der Waals surface area contributed by atoms with Crippen molar-refractivity contribution in [3.8, 4) is 5.75 Å². The number of hydrogen-bond donors (Lipinski definition) is 0. The first kappa shape index (κ1) is 14.9. The molecule has 0 fully saturated rings. The highest BCUT2D eigenvalue weighted by Crippen LogP contribution is 2.17. The summed E-state index contributed by atoms with van der Waals surface area (Å²) >= 11 is 0. The molecule has 0 aromatic heterocycles.